The van der Waals surface area contributed by atoms with Crippen LogP contribution in [0.25, 0.3) is 0 Å². The summed E-state index contributed by atoms with van der Waals surface area (Å²) in [5.41, 5.74) is 2.62. The summed E-state index contributed by atoms with van der Waals surface area (Å²) in [4.78, 5) is 23.7. The van der Waals surface area contributed by atoms with E-state index in [0.29, 0.717) is 30.5 Å². The van der Waals surface area contributed by atoms with E-state index < -0.39 is 0 Å². The normalized spacial score (nSPS) is 16.3. The van der Waals surface area contributed by atoms with E-state index in [0.717, 1.165) is 36.2 Å². The van der Waals surface area contributed by atoms with E-state index >= 15 is 0 Å². The molecule has 1 aliphatic heterocycles. The van der Waals surface area contributed by atoms with Gasteiger partial charge in [-0.1, -0.05) is 32.0 Å². The third-order valence-electron chi connectivity index (χ3n) is 5.91. The minimum Gasteiger partial charge on any atom is -0.489 e. The minimum absolute atomic E-state index is 0.0195. The molecular formula is C27H32N4O3. The molecule has 0 spiro atoms. The first-order valence-corrected chi connectivity index (χ1v) is 11.7. The molecule has 4 rings (SSSR count). The van der Waals surface area contributed by atoms with Crippen molar-refractivity contribution in [2.45, 2.75) is 40.2 Å². The number of amides is 1. The molecule has 0 atom stereocenters. The van der Waals surface area contributed by atoms with Crippen LogP contribution in [0.5, 0.6) is 17.4 Å². The van der Waals surface area contributed by atoms with Crippen molar-refractivity contribution in [2.75, 3.05) is 25.0 Å². The number of ether oxygens (including phenoxy) is 2. The van der Waals surface area contributed by atoms with Crippen LogP contribution in [0.1, 0.15) is 37.8 Å². The Hall–Kier alpha value is -3.45. The summed E-state index contributed by atoms with van der Waals surface area (Å²) in [6.45, 7) is 8.51. The van der Waals surface area contributed by atoms with Crippen LogP contribution >= 0.6 is 0 Å². The largest absolute Gasteiger partial charge is 0.489 e. The molecule has 3 heterocycles. The Labute approximate surface area is 201 Å². The summed E-state index contributed by atoms with van der Waals surface area (Å²) < 4.78 is 12.4. The Morgan fingerprint density at radius 1 is 1.12 bits per heavy atom. The lowest BCUT2D eigenvalue weighted by Gasteiger charge is -2.27. The fourth-order valence-electron chi connectivity index (χ4n) is 3.98. The highest BCUT2D eigenvalue weighted by Crippen LogP contribution is 2.34. The van der Waals surface area contributed by atoms with Gasteiger partial charge in [0.1, 0.15) is 0 Å². The molecule has 0 aliphatic carbocycles. The maximum absolute atomic E-state index is 12.9. The summed E-state index contributed by atoms with van der Waals surface area (Å²) in [6.07, 6.45) is 7.06. The monoisotopic (exact) mass is 460 g/mol. The van der Waals surface area contributed by atoms with Crippen LogP contribution in [0.3, 0.4) is 0 Å². The first-order valence-electron chi connectivity index (χ1n) is 11.7. The Balaban J connectivity index is 1.58. The van der Waals surface area contributed by atoms with E-state index in [2.05, 4.69) is 34.0 Å². The number of aromatic nitrogens is 2. The zero-order chi connectivity index (χ0) is 24.0. The van der Waals surface area contributed by atoms with Crippen LogP contribution in [-0.2, 0) is 11.3 Å². The average molecular weight is 461 g/mol. The number of hydrogen-bond donors (Lipinski definition) is 1. The molecule has 0 saturated carbocycles. The molecular weight excluding hydrogens is 428 g/mol. The highest BCUT2D eigenvalue weighted by molar-refractivity contribution is 5.92. The molecule has 1 N–H and O–H groups in total. The summed E-state index contributed by atoms with van der Waals surface area (Å²) >= 11 is 0. The number of anilines is 1. The first kappa shape index (κ1) is 23.7. The van der Waals surface area contributed by atoms with Gasteiger partial charge in [0.05, 0.1) is 13.2 Å². The van der Waals surface area contributed by atoms with E-state index in [4.69, 9.17) is 9.47 Å². The van der Waals surface area contributed by atoms with Gasteiger partial charge in [0.25, 0.3) is 0 Å². The molecule has 0 bridgehead atoms. The fraction of sp³-hybridized carbons (Fsp3) is 0.370. The lowest BCUT2D eigenvalue weighted by Crippen LogP contribution is -2.34. The Kier molecular flexibility index (Phi) is 7.43. The maximum atomic E-state index is 12.9. The summed E-state index contributed by atoms with van der Waals surface area (Å²) in [7, 11) is 0. The highest BCUT2D eigenvalue weighted by Gasteiger charge is 2.23. The smallest absolute Gasteiger partial charge is 0.238 e. The van der Waals surface area contributed by atoms with E-state index in [1.807, 2.05) is 49.4 Å². The molecule has 0 radical (unpaired) electrons. The van der Waals surface area contributed by atoms with Gasteiger partial charge in [0.2, 0.25) is 11.8 Å². The van der Waals surface area contributed by atoms with Crippen molar-refractivity contribution in [1.82, 2.24) is 14.9 Å². The van der Waals surface area contributed by atoms with E-state index in [1.54, 1.807) is 18.6 Å². The summed E-state index contributed by atoms with van der Waals surface area (Å²) in [5.74, 6) is 1.80. The van der Waals surface area contributed by atoms with Gasteiger partial charge in [-0.15, -0.1) is 0 Å². The zero-order valence-corrected chi connectivity index (χ0v) is 20.1. The van der Waals surface area contributed by atoms with E-state index in [9.17, 15) is 4.79 Å². The Morgan fingerprint density at radius 2 is 1.94 bits per heavy atom. The molecule has 1 aromatic carbocycles. The number of aryl methyl sites for hydroxylation is 1. The van der Waals surface area contributed by atoms with Crippen molar-refractivity contribution in [3.8, 4) is 17.4 Å². The van der Waals surface area contributed by atoms with Crippen molar-refractivity contribution < 1.29 is 14.3 Å². The van der Waals surface area contributed by atoms with Gasteiger partial charge in [-0.2, -0.15) is 0 Å². The van der Waals surface area contributed by atoms with Crippen LogP contribution in [0.4, 0.5) is 5.69 Å². The van der Waals surface area contributed by atoms with Gasteiger partial charge in [-0.05, 0) is 61.6 Å². The van der Waals surface area contributed by atoms with Crippen LogP contribution < -0.4 is 14.8 Å². The maximum Gasteiger partial charge on any atom is 0.238 e. The van der Waals surface area contributed by atoms with Crippen molar-refractivity contribution in [2.24, 2.45) is 5.41 Å². The van der Waals surface area contributed by atoms with Gasteiger partial charge in [0.15, 0.2) is 11.5 Å². The van der Waals surface area contributed by atoms with Gasteiger partial charge in [-0.3, -0.25) is 14.7 Å². The van der Waals surface area contributed by atoms with Crippen LogP contribution in [0.15, 0.2) is 61.1 Å². The second-order valence-electron chi connectivity index (χ2n) is 9.52. The average Bonchev–Trinajstić information content (AvgIpc) is 2.81. The van der Waals surface area contributed by atoms with Gasteiger partial charge >= 0.3 is 0 Å². The second-order valence-corrected chi connectivity index (χ2v) is 9.52. The quantitative estimate of drug-likeness (QED) is 0.578. The Morgan fingerprint density at radius 3 is 2.76 bits per heavy atom. The molecule has 7 nitrogen and oxygen atoms in total. The molecule has 0 unspecified atom stereocenters. The molecule has 34 heavy (non-hydrogen) atoms. The number of nitrogens with one attached hydrogen (secondary N) is 1. The lowest BCUT2D eigenvalue weighted by atomic mass is 9.88. The van der Waals surface area contributed by atoms with Gasteiger partial charge in [-0.25, -0.2) is 4.98 Å². The molecule has 178 valence electrons. The third kappa shape index (κ3) is 6.32. The number of pyridine rings is 2. The van der Waals surface area contributed by atoms with E-state index in [-0.39, 0.29) is 17.9 Å². The minimum atomic E-state index is -0.0575. The molecule has 1 aliphatic rings. The van der Waals surface area contributed by atoms with Crippen LogP contribution in [0, 0.1) is 12.3 Å². The summed E-state index contributed by atoms with van der Waals surface area (Å²) in [5, 5.41) is 3.02. The molecule has 0 fully saturated rings. The van der Waals surface area contributed by atoms with Crippen molar-refractivity contribution in [3.05, 3.63) is 72.2 Å². The number of nitrogens with zero attached hydrogens (tertiary/aromatic N) is 3. The third-order valence-corrected chi connectivity index (χ3v) is 5.91. The second kappa shape index (κ2) is 10.7. The van der Waals surface area contributed by atoms with Crippen LogP contribution in [0.2, 0.25) is 0 Å². The lowest BCUT2D eigenvalue weighted by molar-refractivity contribution is -0.117. The molecule has 2 aromatic heterocycles. The molecule has 1 amide bonds. The fourth-order valence-corrected chi connectivity index (χ4v) is 3.98. The number of rotatable bonds is 3. The zero-order valence-electron chi connectivity index (χ0n) is 20.1. The predicted octanol–water partition coefficient (Wildman–Crippen LogP) is 5.22. The first-order chi connectivity index (χ1) is 16.4. The SMILES string of the molecule is Cc1cnccc1NC(=O)CN1CCCC(C)(C)COc2ccccc2Oc2ncccc2C1. The van der Waals surface area contributed by atoms with Gasteiger partial charge in [0, 0.05) is 36.4 Å². The topological polar surface area (TPSA) is 76.6 Å². The number of para-hydroxylation sites is 2. The van der Waals surface area contributed by atoms with Crippen molar-refractivity contribution in [3.63, 3.8) is 0 Å². The number of carbonyl (C=O) groups is 1. The number of carbonyl (C=O) groups excluding carboxylic acids is 1. The standard InChI is InChI=1S/C27H32N4O3/c1-20-16-28-14-11-22(20)30-25(32)18-31-15-7-12-27(2,3)19-33-23-9-4-5-10-24(23)34-26-21(17-31)8-6-13-29-26/h4-6,8-11,13-14,16H,7,12,15,17-19H2,1-3H3,(H,28,30,32). The van der Waals surface area contributed by atoms with Gasteiger partial charge < -0.3 is 14.8 Å². The molecule has 7 heteroatoms. The Bertz CT molecular complexity index is 1130. The molecule has 3 aromatic rings. The van der Waals surface area contributed by atoms with E-state index in [1.165, 1.54) is 0 Å². The van der Waals surface area contributed by atoms with Crippen molar-refractivity contribution >= 4 is 11.6 Å². The van der Waals surface area contributed by atoms with Crippen molar-refractivity contribution in [1.29, 1.82) is 0 Å². The number of benzene rings is 1. The highest BCUT2D eigenvalue weighted by atomic mass is 16.5. The molecule has 0 saturated heterocycles. The summed E-state index contributed by atoms with van der Waals surface area (Å²) in [6, 6.07) is 13.4. The van der Waals surface area contributed by atoms with Crippen LogP contribution in [-0.4, -0.2) is 40.5 Å². The number of hydrogen-bond acceptors (Lipinski definition) is 6. The predicted molar refractivity (Wildman–Crippen MR) is 132 cm³/mol. The number of fused-ring (bicyclic) bond motifs is 2.